The van der Waals surface area contributed by atoms with Gasteiger partial charge in [0.2, 0.25) is 0 Å². The van der Waals surface area contributed by atoms with E-state index in [4.69, 9.17) is 0 Å². The van der Waals surface area contributed by atoms with Gasteiger partial charge in [-0.2, -0.15) is 0 Å². The monoisotopic (exact) mass is 392 g/mol. The minimum atomic E-state index is 0.610. The second kappa shape index (κ2) is 17.2. The Morgan fingerprint density at radius 2 is 1.07 bits per heavy atom. The molecule has 1 rings (SSSR count). The Kier molecular flexibility index (Phi) is 15.6. The summed E-state index contributed by atoms with van der Waals surface area (Å²) in [5.74, 6) is 0. The van der Waals surface area contributed by atoms with Crippen LogP contribution in [0.15, 0.2) is 12.4 Å². The molecule has 1 aliphatic rings. The van der Waals surface area contributed by atoms with Crippen molar-refractivity contribution in [2.24, 2.45) is 0 Å². The molecule has 2 heteroatoms. The Balaban J connectivity index is 2.17. The molecule has 0 fully saturated rings. The van der Waals surface area contributed by atoms with Crippen molar-refractivity contribution in [3.63, 3.8) is 0 Å². The fourth-order valence-electron chi connectivity index (χ4n) is 4.48. The summed E-state index contributed by atoms with van der Waals surface area (Å²) in [6, 6.07) is 0.610. The molecule has 0 aliphatic carbocycles. The first-order chi connectivity index (χ1) is 13.7. The van der Waals surface area contributed by atoms with Gasteiger partial charge in [0.15, 0.2) is 0 Å². The van der Waals surface area contributed by atoms with Crippen LogP contribution >= 0.6 is 0 Å². The van der Waals surface area contributed by atoms with E-state index in [1.54, 1.807) is 0 Å². The maximum absolute atomic E-state index is 2.64. The van der Waals surface area contributed by atoms with E-state index in [1.807, 2.05) is 0 Å². The number of nitrogens with zero attached hydrogens (tertiary/aromatic N) is 2. The van der Waals surface area contributed by atoms with Gasteiger partial charge in [-0.3, -0.25) is 0 Å². The molecule has 0 N–H and O–H groups in total. The van der Waals surface area contributed by atoms with Crippen LogP contribution < -0.4 is 0 Å². The summed E-state index contributed by atoms with van der Waals surface area (Å²) in [6.45, 7) is 10.5. The van der Waals surface area contributed by atoms with Crippen molar-refractivity contribution in [2.45, 2.75) is 149 Å². The lowest BCUT2D eigenvalue weighted by atomic mass is 10.1. The molecule has 0 radical (unpaired) electrons. The third kappa shape index (κ3) is 11.4. The molecule has 0 amide bonds. The fourth-order valence-corrected chi connectivity index (χ4v) is 4.48. The summed E-state index contributed by atoms with van der Waals surface area (Å²) in [5.41, 5.74) is 0. The number of unbranched alkanes of at least 4 members (excludes halogenated alkanes) is 14. The van der Waals surface area contributed by atoms with Gasteiger partial charge >= 0.3 is 0 Å². The van der Waals surface area contributed by atoms with Crippen LogP contribution in [-0.2, 0) is 0 Å². The molecule has 0 saturated heterocycles. The van der Waals surface area contributed by atoms with E-state index in [9.17, 15) is 0 Å². The standard InChI is InChI=1S/C26H52N2/c1-5-7-9-11-13-15-17-19-21-26-27(23-24-28(26)25(3)4)22-20-18-16-14-12-10-8-6-2/h23-26H,5-22H2,1-4H3. The largest absolute Gasteiger partial charge is 0.356 e. The van der Waals surface area contributed by atoms with Crippen LogP contribution in [0.1, 0.15) is 137 Å². The predicted octanol–water partition coefficient (Wildman–Crippen LogP) is 8.48. The highest BCUT2D eigenvalue weighted by Gasteiger charge is 2.26. The predicted molar refractivity (Wildman–Crippen MR) is 126 cm³/mol. The molecular weight excluding hydrogens is 340 g/mol. The Labute approximate surface area is 178 Å². The van der Waals surface area contributed by atoms with Gasteiger partial charge < -0.3 is 9.80 Å². The highest BCUT2D eigenvalue weighted by atomic mass is 15.4. The molecule has 0 aromatic heterocycles. The summed E-state index contributed by atoms with van der Waals surface area (Å²) in [4.78, 5) is 5.23. The van der Waals surface area contributed by atoms with Crippen LogP contribution in [0.4, 0.5) is 0 Å². The first-order valence-electron chi connectivity index (χ1n) is 12.9. The molecule has 0 bridgehead atoms. The van der Waals surface area contributed by atoms with Crippen molar-refractivity contribution in [1.82, 2.24) is 9.80 Å². The zero-order valence-corrected chi connectivity index (χ0v) is 19.9. The molecule has 0 aromatic carbocycles. The van der Waals surface area contributed by atoms with Gasteiger partial charge in [0.1, 0.15) is 6.17 Å². The van der Waals surface area contributed by atoms with Crippen LogP contribution in [0.3, 0.4) is 0 Å². The second-order valence-electron chi connectivity index (χ2n) is 9.30. The smallest absolute Gasteiger partial charge is 0.101 e. The molecule has 28 heavy (non-hydrogen) atoms. The van der Waals surface area contributed by atoms with E-state index in [2.05, 4.69) is 49.9 Å². The van der Waals surface area contributed by atoms with Crippen LogP contribution in [0, 0.1) is 0 Å². The lowest BCUT2D eigenvalue weighted by Crippen LogP contribution is -2.42. The fraction of sp³-hybridized carbons (Fsp3) is 0.923. The quantitative estimate of drug-likeness (QED) is 0.203. The van der Waals surface area contributed by atoms with E-state index >= 15 is 0 Å². The van der Waals surface area contributed by atoms with Crippen LogP contribution in [0.25, 0.3) is 0 Å². The topological polar surface area (TPSA) is 6.48 Å². The normalized spacial score (nSPS) is 16.7. The van der Waals surface area contributed by atoms with Crippen LogP contribution in [0.5, 0.6) is 0 Å². The molecular formula is C26H52N2. The first-order valence-corrected chi connectivity index (χ1v) is 12.9. The Morgan fingerprint density at radius 1 is 0.607 bits per heavy atom. The summed E-state index contributed by atoms with van der Waals surface area (Å²) >= 11 is 0. The van der Waals surface area contributed by atoms with Crippen molar-refractivity contribution in [2.75, 3.05) is 6.54 Å². The van der Waals surface area contributed by atoms with Crippen molar-refractivity contribution >= 4 is 0 Å². The van der Waals surface area contributed by atoms with Gasteiger partial charge in [-0.05, 0) is 33.1 Å². The van der Waals surface area contributed by atoms with Crippen molar-refractivity contribution in [1.29, 1.82) is 0 Å². The van der Waals surface area contributed by atoms with Crippen molar-refractivity contribution < 1.29 is 0 Å². The third-order valence-corrected chi connectivity index (χ3v) is 6.34. The number of rotatable bonds is 19. The molecule has 0 saturated carbocycles. The minimum Gasteiger partial charge on any atom is -0.356 e. The van der Waals surface area contributed by atoms with Gasteiger partial charge in [0.05, 0.1) is 0 Å². The second-order valence-corrected chi connectivity index (χ2v) is 9.30. The van der Waals surface area contributed by atoms with Gasteiger partial charge in [-0.25, -0.2) is 0 Å². The molecule has 0 aromatic rings. The average Bonchev–Trinajstić information content (AvgIpc) is 3.09. The van der Waals surface area contributed by atoms with E-state index in [-0.39, 0.29) is 0 Å². The lowest BCUT2D eigenvalue weighted by Gasteiger charge is -2.35. The average molecular weight is 393 g/mol. The van der Waals surface area contributed by atoms with Crippen molar-refractivity contribution in [3.05, 3.63) is 12.4 Å². The summed E-state index contributed by atoms with van der Waals surface area (Å²) < 4.78 is 0. The third-order valence-electron chi connectivity index (χ3n) is 6.34. The number of hydrogen-bond acceptors (Lipinski definition) is 2. The summed E-state index contributed by atoms with van der Waals surface area (Å²) in [6.07, 6.45) is 29.3. The molecule has 1 unspecified atom stereocenters. The van der Waals surface area contributed by atoms with Gasteiger partial charge in [0.25, 0.3) is 0 Å². The van der Waals surface area contributed by atoms with Crippen LogP contribution in [0.2, 0.25) is 0 Å². The molecule has 1 heterocycles. The molecule has 166 valence electrons. The first kappa shape index (κ1) is 25.4. The summed E-state index contributed by atoms with van der Waals surface area (Å²) in [5, 5.41) is 0. The van der Waals surface area contributed by atoms with Gasteiger partial charge in [-0.1, -0.05) is 104 Å². The number of hydrogen-bond donors (Lipinski definition) is 0. The highest BCUT2D eigenvalue weighted by molar-refractivity contribution is 4.98. The van der Waals surface area contributed by atoms with Crippen molar-refractivity contribution in [3.8, 4) is 0 Å². The highest BCUT2D eigenvalue weighted by Crippen LogP contribution is 2.24. The minimum absolute atomic E-state index is 0.610. The van der Waals surface area contributed by atoms with Crippen LogP contribution in [-0.4, -0.2) is 28.6 Å². The van der Waals surface area contributed by atoms with Gasteiger partial charge in [0, 0.05) is 25.0 Å². The molecule has 1 aliphatic heterocycles. The molecule has 0 spiro atoms. The van der Waals surface area contributed by atoms with E-state index in [0.717, 1.165) is 0 Å². The summed E-state index contributed by atoms with van der Waals surface area (Å²) in [7, 11) is 0. The maximum atomic E-state index is 2.64. The van der Waals surface area contributed by atoms with E-state index < -0.39 is 0 Å². The van der Waals surface area contributed by atoms with E-state index in [1.165, 1.54) is 116 Å². The SMILES string of the molecule is CCCCCCCCCCC1N(CCCCCCCCCC)C=CN1C(C)C. The van der Waals surface area contributed by atoms with E-state index in [0.29, 0.717) is 12.2 Å². The van der Waals surface area contributed by atoms with Gasteiger partial charge in [-0.15, -0.1) is 0 Å². The maximum Gasteiger partial charge on any atom is 0.101 e. The zero-order chi connectivity index (χ0) is 20.5. The molecule has 2 nitrogen and oxygen atoms in total. The Bertz CT molecular complexity index is 363. The Morgan fingerprint density at radius 3 is 1.57 bits per heavy atom. The lowest BCUT2D eigenvalue weighted by molar-refractivity contribution is 0.114. The Hall–Kier alpha value is -0.660. The zero-order valence-electron chi connectivity index (χ0n) is 19.9. The molecule has 1 atom stereocenters.